The number of hydrogen-bond donors (Lipinski definition) is 0. The van der Waals surface area contributed by atoms with E-state index in [1.807, 2.05) is 6.92 Å². The SMILES string of the molecule is CCCC(=O)c1ccc(Oc2ccc(C(=O)OC)cc2)cc1Cl. The summed E-state index contributed by atoms with van der Waals surface area (Å²) >= 11 is 6.15. The van der Waals surface area contributed by atoms with Crippen LogP contribution in [0.2, 0.25) is 5.02 Å². The van der Waals surface area contributed by atoms with Crippen molar-refractivity contribution >= 4 is 23.4 Å². The third kappa shape index (κ3) is 4.33. The van der Waals surface area contributed by atoms with Crippen molar-refractivity contribution in [3.8, 4) is 11.5 Å². The average molecular weight is 333 g/mol. The summed E-state index contributed by atoms with van der Waals surface area (Å²) in [7, 11) is 1.33. The monoisotopic (exact) mass is 332 g/mol. The molecular weight excluding hydrogens is 316 g/mol. The topological polar surface area (TPSA) is 52.6 Å². The zero-order valence-corrected chi connectivity index (χ0v) is 13.7. The van der Waals surface area contributed by atoms with Gasteiger partial charge in [0.2, 0.25) is 0 Å². The lowest BCUT2D eigenvalue weighted by molar-refractivity contribution is 0.0600. The standard InChI is InChI=1S/C18H17ClO4/c1-3-4-17(20)15-10-9-14(11-16(15)19)23-13-7-5-12(6-8-13)18(21)22-2/h5-11H,3-4H2,1-2H3. The van der Waals surface area contributed by atoms with Gasteiger partial charge in [-0.15, -0.1) is 0 Å². The molecule has 120 valence electrons. The predicted molar refractivity (Wildman–Crippen MR) is 88.5 cm³/mol. The maximum absolute atomic E-state index is 11.9. The van der Waals surface area contributed by atoms with E-state index in [4.69, 9.17) is 16.3 Å². The molecule has 2 aromatic rings. The van der Waals surface area contributed by atoms with Gasteiger partial charge in [0.15, 0.2) is 5.78 Å². The molecule has 5 heteroatoms. The van der Waals surface area contributed by atoms with Crippen LogP contribution >= 0.6 is 11.6 Å². The number of methoxy groups -OCH3 is 1. The highest BCUT2D eigenvalue weighted by atomic mass is 35.5. The summed E-state index contributed by atoms with van der Waals surface area (Å²) in [5.74, 6) is 0.695. The van der Waals surface area contributed by atoms with E-state index in [1.165, 1.54) is 7.11 Å². The van der Waals surface area contributed by atoms with Crippen molar-refractivity contribution in [3.63, 3.8) is 0 Å². The number of Topliss-reactive ketones (excluding diaryl/α,β-unsaturated/α-hetero) is 1. The van der Waals surface area contributed by atoms with Gasteiger partial charge < -0.3 is 9.47 Å². The number of benzene rings is 2. The third-order valence-corrected chi connectivity index (χ3v) is 3.54. The number of esters is 1. The molecule has 0 amide bonds. The molecule has 2 aromatic carbocycles. The Morgan fingerprint density at radius 2 is 1.70 bits per heavy atom. The van der Waals surface area contributed by atoms with Crippen LogP contribution in [0.15, 0.2) is 42.5 Å². The molecule has 0 aliphatic carbocycles. The first-order valence-corrected chi connectivity index (χ1v) is 7.62. The molecule has 4 nitrogen and oxygen atoms in total. The molecule has 0 N–H and O–H groups in total. The van der Waals surface area contributed by atoms with E-state index in [0.717, 1.165) is 6.42 Å². The highest BCUT2D eigenvalue weighted by Crippen LogP contribution is 2.28. The van der Waals surface area contributed by atoms with Crippen molar-refractivity contribution in [3.05, 3.63) is 58.6 Å². The van der Waals surface area contributed by atoms with Crippen molar-refractivity contribution in [2.75, 3.05) is 7.11 Å². The third-order valence-electron chi connectivity index (χ3n) is 3.23. The van der Waals surface area contributed by atoms with Crippen LogP contribution in [0.5, 0.6) is 11.5 Å². The summed E-state index contributed by atoms with van der Waals surface area (Å²) in [6, 6.07) is 11.5. The van der Waals surface area contributed by atoms with Gasteiger partial charge in [-0.25, -0.2) is 4.79 Å². The summed E-state index contributed by atoms with van der Waals surface area (Å²) in [5, 5.41) is 0.368. The summed E-state index contributed by atoms with van der Waals surface area (Å²) in [6.07, 6.45) is 1.24. The van der Waals surface area contributed by atoms with Crippen LogP contribution in [-0.2, 0) is 4.74 Å². The molecule has 0 spiro atoms. The molecule has 0 aromatic heterocycles. The molecule has 0 atom stereocenters. The minimum absolute atomic E-state index is 0.0199. The van der Waals surface area contributed by atoms with E-state index in [2.05, 4.69) is 4.74 Å². The number of carbonyl (C=O) groups excluding carboxylic acids is 2. The minimum Gasteiger partial charge on any atom is -0.465 e. The second-order valence-electron chi connectivity index (χ2n) is 4.93. The summed E-state index contributed by atoms with van der Waals surface area (Å²) in [5.41, 5.74) is 0.945. The van der Waals surface area contributed by atoms with E-state index in [0.29, 0.717) is 34.1 Å². The van der Waals surface area contributed by atoms with Crippen LogP contribution in [0.25, 0.3) is 0 Å². The number of ether oxygens (including phenoxy) is 2. The van der Waals surface area contributed by atoms with Gasteiger partial charge in [0.25, 0.3) is 0 Å². The molecule has 0 saturated heterocycles. The van der Waals surface area contributed by atoms with Crippen LogP contribution in [0.4, 0.5) is 0 Å². The number of hydrogen-bond acceptors (Lipinski definition) is 4. The molecule has 23 heavy (non-hydrogen) atoms. The zero-order chi connectivity index (χ0) is 16.8. The van der Waals surface area contributed by atoms with Crippen molar-refractivity contribution in [2.45, 2.75) is 19.8 Å². The molecule has 0 aliphatic heterocycles. The fourth-order valence-corrected chi connectivity index (χ4v) is 2.34. The molecule has 0 aliphatic rings. The van der Waals surface area contributed by atoms with Crippen LogP contribution in [0, 0.1) is 0 Å². The maximum Gasteiger partial charge on any atom is 0.337 e. The molecule has 0 saturated carbocycles. The van der Waals surface area contributed by atoms with Crippen molar-refractivity contribution in [1.29, 1.82) is 0 Å². The number of rotatable bonds is 6. The molecule has 2 rings (SSSR count). The first kappa shape index (κ1) is 17.0. The van der Waals surface area contributed by atoms with E-state index >= 15 is 0 Å². The largest absolute Gasteiger partial charge is 0.465 e. The summed E-state index contributed by atoms with van der Waals surface area (Å²) < 4.78 is 10.3. The Hall–Kier alpha value is -2.33. The van der Waals surface area contributed by atoms with Gasteiger partial charge in [-0.05, 0) is 42.8 Å². The van der Waals surface area contributed by atoms with E-state index < -0.39 is 5.97 Å². The molecule has 0 heterocycles. The quantitative estimate of drug-likeness (QED) is 0.557. The molecule has 0 unspecified atom stereocenters. The Bertz CT molecular complexity index is 707. The van der Waals surface area contributed by atoms with Crippen LogP contribution in [0.1, 0.15) is 40.5 Å². The smallest absolute Gasteiger partial charge is 0.337 e. The first-order chi connectivity index (χ1) is 11.0. The highest BCUT2D eigenvalue weighted by Gasteiger charge is 2.11. The maximum atomic E-state index is 11.9. The van der Waals surface area contributed by atoms with Gasteiger partial charge in [0.05, 0.1) is 17.7 Å². The first-order valence-electron chi connectivity index (χ1n) is 7.24. The minimum atomic E-state index is -0.404. The van der Waals surface area contributed by atoms with Crippen LogP contribution < -0.4 is 4.74 Å². The van der Waals surface area contributed by atoms with Gasteiger partial charge in [-0.1, -0.05) is 18.5 Å². The molecular formula is C18H17ClO4. The van der Waals surface area contributed by atoms with E-state index in [-0.39, 0.29) is 5.78 Å². The average Bonchev–Trinajstić information content (AvgIpc) is 2.55. The second kappa shape index (κ2) is 7.79. The lowest BCUT2D eigenvalue weighted by Gasteiger charge is -2.09. The van der Waals surface area contributed by atoms with Crippen molar-refractivity contribution in [1.82, 2.24) is 0 Å². The normalized spacial score (nSPS) is 10.2. The Balaban J connectivity index is 2.13. The van der Waals surface area contributed by atoms with Crippen LogP contribution in [0.3, 0.4) is 0 Å². The lowest BCUT2D eigenvalue weighted by atomic mass is 10.1. The Kier molecular flexibility index (Phi) is 5.77. The second-order valence-corrected chi connectivity index (χ2v) is 5.34. The summed E-state index contributed by atoms with van der Waals surface area (Å²) in [6.45, 7) is 1.95. The van der Waals surface area contributed by atoms with Gasteiger partial charge >= 0.3 is 5.97 Å². The van der Waals surface area contributed by atoms with Crippen molar-refractivity contribution < 1.29 is 19.1 Å². The molecule has 0 bridgehead atoms. The van der Waals surface area contributed by atoms with E-state index in [9.17, 15) is 9.59 Å². The Morgan fingerprint density at radius 1 is 1.04 bits per heavy atom. The summed E-state index contributed by atoms with van der Waals surface area (Å²) in [4.78, 5) is 23.3. The fourth-order valence-electron chi connectivity index (χ4n) is 2.06. The van der Waals surface area contributed by atoms with E-state index in [1.54, 1.807) is 42.5 Å². The highest BCUT2D eigenvalue weighted by molar-refractivity contribution is 6.34. The van der Waals surface area contributed by atoms with Crippen molar-refractivity contribution in [2.24, 2.45) is 0 Å². The van der Waals surface area contributed by atoms with Gasteiger partial charge in [-0.3, -0.25) is 4.79 Å². The predicted octanol–water partition coefficient (Wildman–Crippen LogP) is 4.90. The number of carbonyl (C=O) groups is 2. The fraction of sp³-hybridized carbons (Fsp3) is 0.222. The van der Waals surface area contributed by atoms with Gasteiger partial charge in [0, 0.05) is 18.1 Å². The number of halogens is 1. The van der Waals surface area contributed by atoms with Crippen LogP contribution in [-0.4, -0.2) is 18.9 Å². The Morgan fingerprint density at radius 3 is 2.26 bits per heavy atom. The zero-order valence-electron chi connectivity index (χ0n) is 13.0. The Labute approximate surface area is 140 Å². The molecule has 0 fully saturated rings. The lowest BCUT2D eigenvalue weighted by Crippen LogP contribution is -2.00. The van der Waals surface area contributed by atoms with Gasteiger partial charge in [-0.2, -0.15) is 0 Å². The van der Waals surface area contributed by atoms with Gasteiger partial charge in [0.1, 0.15) is 11.5 Å². The molecule has 0 radical (unpaired) electrons. The number of ketones is 1.